The molecule has 7 heteroatoms. The summed E-state index contributed by atoms with van der Waals surface area (Å²) in [6.07, 6.45) is 1.31. The van der Waals surface area contributed by atoms with Crippen molar-refractivity contribution in [2.24, 2.45) is 0 Å². The fourth-order valence-corrected chi connectivity index (χ4v) is 2.30. The average molecular weight is 323 g/mol. The van der Waals surface area contributed by atoms with Gasteiger partial charge in [0.25, 0.3) is 0 Å². The van der Waals surface area contributed by atoms with Crippen LogP contribution in [0.25, 0.3) is 0 Å². The average Bonchev–Trinajstić information content (AvgIpc) is 2.47. The van der Waals surface area contributed by atoms with Crippen LogP contribution >= 0.6 is 23.4 Å². The molecular formula is C14H11ClN2O3S. The maximum atomic E-state index is 11.8. The summed E-state index contributed by atoms with van der Waals surface area (Å²) in [6.45, 7) is 0. The molecule has 0 aliphatic rings. The first-order chi connectivity index (χ1) is 10.0. The minimum absolute atomic E-state index is 0.0662. The van der Waals surface area contributed by atoms with Gasteiger partial charge in [-0.15, -0.1) is 11.8 Å². The molecule has 1 aromatic carbocycles. The number of halogens is 1. The molecule has 0 aliphatic carbocycles. The Labute approximate surface area is 130 Å². The molecule has 2 aromatic rings. The van der Waals surface area contributed by atoms with Crippen LogP contribution in [-0.4, -0.2) is 27.7 Å². The summed E-state index contributed by atoms with van der Waals surface area (Å²) < 4.78 is 0. The number of carboxylic acids is 1. The van der Waals surface area contributed by atoms with Crippen molar-refractivity contribution >= 4 is 40.9 Å². The number of pyridine rings is 1. The number of carbonyl (C=O) groups excluding carboxylic acids is 1. The largest absolute Gasteiger partial charge is 0.477 e. The molecule has 1 aromatic heterocycles. The maximum absolute atomic E-state index is 11.8. The van der Waals surface area contributed by atoms with Crippen LogP contribution in [0.15, 0.2) is 47.5 Å². The number of anilines is 1. The van der Waals surface area contributed by atoms with E-state index in [9.17, 15) is 9.59 Å². The number of aromatic carboxylic acids is 1. The lowest BCUT2D eigenvalue weighted by Gasteiger charge is -2.05. The minimum Gasteiger partial charge on any atom is -0.477 e. The highest BCUT2D eigenvalue weighted by atomic mass is 35.5. The number of amides is 1. The molecule has 0 saturated carbocycles. The van der Waals surface area contributed by atoms with Crippen LogP contribution in [0, 0.1) is 0 Å². The van der Waals surface area contributed by atoms with Crippen molar-refractivity contribution in [3.63, 3.8) is 0 Å². The van der Waals surface area contributed by atoms with Crippen LogP contribution in [0.1, 0.15) is 10.5 Å². The van der Waals surface area contributed by atoms with Crippen LogP contribution in [0.2, 0.25) is 5.02 Å². The van der Waals surface area contributed by atoms with Crippen LogP contribution in [0.3, 0.4) is 0 Å². The Morgan fingerprint density at radius 3 is 2.48 bits per heavy atom. The fourth-order valence-electron chi connectivity index (χ4n) is 1.47. The molecular weight excluding hydrogens is 312 g/mol. The van der Waals surface area contributed by atoms with E-state index in [0.717, 1.165) is 4.90 Å². The number of carboxylic acid groups (broad SMARTS) is 1. The van der Waals surface area contributed by atoms with Gasteiger partial charge < -0.3 is 10.4 Å². The van der Waals surface area contributed by atoms with Gasteiger partial charge in [0, 0.05) is 9.92 Å². The number of aromatic nitrogens is 1. The zero-order valence-corrected chi connectivity index (χ0v) is 12.3. The first kappa shape index (κ1) is 15.3. The monoisotopic (exact) mass is 322 g/mol. The highest BCUT2D eigenvalue weighted by Crippen LogP contribution is 2.20. The predicted octanol–water partition coefficient (Wildman–Crippen LogP) is 3.16. The standard InChI is InChI=1S/C14H11ClN2O3S/c15-9-1-4-11(5-2-9)21-8-13(18)17-10-3-6-12(14(19)20)16-7-10/h1-7H,8H2,(H,17,18)(H,19,20). The first-order valence-corrected chi connectivity index (χ1v) is 7.28. The maximum Gasteiger partial charge on any atom is 0.354 e. The number of thioether (sulfide) groups is 1. The normalized spacial score (nSPS) is 10.1. The van der Waals surface area contributed by atoms with Crippen molar-refractivity contribution in [3.05, 3.63) is 53.3 Å². The molecule has 1 amide bonds. The number of benzene rings is 1. The topological polar surface area (TPSA) is 79.3 Å². The van der Waals surface area contributed by atoms with Crippen molar-refractivity contribution in [2.45, 2.75) is 4.90 Å². The Morgan fingerprint density at radius 2 is 1.90 bits per heavy atom. The van der Waals surface area contributed by atoms with Gasteiger partial charge in [0.2, 0.25) is 5.91 Å². The summed E-state index contributed by atoms with van der Waals surface area (Å²) in [4.78, 5) is 27.1. The Bertz CT molecular complexity index is 644. The van der Waals surface area contributed by atoms with Gasteiger partial charge in [-0.25, -0.2) is 9.78 Å². The van der Waals surface area contributed by atoms with Crippen LogP contribution in [0.4, 0.5) is 5.69 Å². The molecule has 0 saturated heterocycles. The Hall–Kier alpha value is -2.05. The molecule has 0 fully saturated rings. The van der Waals surface area contributed by atoms with E-state index in [0.29, 0.717) is 10.7 Å². The van der Waals surface area contributed by atoms with Crippen molar-refractivity contribution in [1.29, 1.82) is 0 Å². The Kier molecular flexibility index (Phi) is 5.19. The van der Waals surface area contributed by atoms with Gasteiger partial charge in [-0.3, -0.25) is 4.79 Å². The summed E-state index contributed by atoms with van der Waals surface area (Å²) in [6, 6.07) is 10.0. The van der Waals surface area contributed by atoms with Gasteiger partial charge in [0.1, 0.15) is 5.69 Å². The summed E-state index contributed by atoms with van der Waals surface area (Å²) in [5.41, 5.74) is 0.394. The molecule has 21 heavy (non-hydrogen) atoms. The van der Waals surface area contributed by atoms with Gasteiger partial charge in [-0.2, -0.15) is 0 Å². The SMILES string of the molecule is O=C(CSc1ccc(Cl)cc1)Nc1ccc(C(=O)O)nc1. The van der Waals surface area contributed by atoms with Crippen LogP contribution < -0.4 is 5.32 Å². The van der Waals surface area contributed by atoms with E-state index in [2.05, 4.69) is 10.3 Å². The number of hydrogen-bond donors (Lipinski definition) is 2. The summed E-state index contributed by atoms with van der Waals surface area (Å²) in [5, 5.41) is 12.0. The highest BCUT2D eigenvalue weighted by Gasteiger charge is 2.06. The van der Waals surface area contributed by atoms with Crippen molar-refractivity contribution in [3.8, 4) is 0 Å². The molecule has 2 N–H and O–H groups in total. The molecule has 1 heterocycles. The van der Waals surface area contributed by atoms with Crippen LogP contribution in [0.5, 0.6) is 0 Å². The molecule has 0 radical (unpaired) electrons. The molecule has 0 bridgehead atoms. The van der Waals surface area contributed by atoms with E-state index >= 15 is 0 Å². The van der Waals surface area contributed by atoms with Gasteiger partial charge >= 0.3 is 5.97 Å². The van der Waals surface area contributed by atoms with Crippen molar-refractivity contribution in [1.82, 2.24) is 4.98 Å². The van der Waals surface area contributed by atoms with Crippen molar-refractivity contribution in [2.75, 3.05) is 11.1 Å². The zero-order valence-electron chi connectivity index (χ0n) is 10.7. The second-order valence-corrected chi connectivity index (χ2v) is 5.51. The van der Waals surface area contributed by atoms with Gasteiger partial charge in [0.05, 0.1) is 17.6 Å². The quantitative estimate of drug-likeness (QED) is 0.827. The third-order valence-corrected chi connectivity index (χ3v) is 3.71. The van der Waals surface area contributed by atoms with E-state index in [1.54, 1.807) is 12.1 Å². The molecule has 0 unspecified atom stereocenters. The van der Waals surface area contributed by atoms with Crippen LogP contribution in [-0.2, 0) is 4.79 Å². The predicted molar refractivity (Wildman–Crippen MR) is 82.0 cm³/mol. The lowest BCUT2D eigenvalue weighted by atomic mass is 10.3. The molecule has 0 atom stereocenters. The van der Waals surface area contributed by atoms with Gasteiger partial charge in [0.15, 0.2) is 0 Å². The lowest BCUT2D eigenvalue weighted by Crippen LogP contribution is -2.14. The van der Waals surface area contributed by atoms with Gasteiger partial charge in [-0.05, 0) is 36.4 Å². The smallest absolute Gasteiger partial charge is 0.354 e. The number of rotatable bonds is 5. The van der Waals surface area contributed by atoms with E-state index in [-0.39, 0.29) is 17.4 Å². The molecule has 2 rings (SSSR count). The Balaban J connectivity index is 1.86. The second-order valence-electron chi connectivity index (χ2n) is 4.03. The molecule has 0 aliphatic heterocycles. The van der Waals surface area contributed by atoms with E-state index in [4.69, 9.17) is 16.7 Å². The van der Waals surface area contributed by atoms with Crippen molar-refractivity contribution < 1.29 is 14.7 Å². The number of nitrogens with one attached hydrogen (secondary N) is 1. The molecule has 108 valence electrons. The third-order valence-electron chi connectivity index (χ3n) is 2.45. The van der Waals surface area contributed by atoms with Gasteiger partial charge in [-0.1, -0.05) is 11.6 Å². The minimum atomic E-state index is -1.11. The first-order valence-electron chi connectivity index (χ1n) is 5.92. The fraction of sp³-hybridized carbons (Fsp3) is 0.0714. The Morgan fingerprint density at radius 1 is 1.19 bits per heavy atom. The number of hydrogen-bond acceptors (Lipinski definition) is 4. The zero-order chi connectivity index (χ0) is 15.2. The number of carbonyl (C=O) groups is 2. The van der Waals surface area contributed by atoms with E-state index < -0.39 is 5.97 Å². The number of nitrogens with zero attached hydrogens (tertiary/aromatic N) is 1. The molecule has 0 spiro atoms. The van der Waals surface area contributed by atoms with E-state index in [1.165, 1.54) is 30.1 Å². The van der Waals surface area contributed by atoms with E-state index in [1.807, 2.05) is 12.1 Å². The summed E-state index contributed by atoms with van der Waals surface area (Å²) >= 11 is 7.16. The summed E-state index contributed by atoms with van der Waals surface area (Å²) in [5.74, 6) is -1.06. The lowest BCUT2D eigenvalue weighted by molar-refractivity contribution is -0.113. The third kappa shape index (κ3) is 4.77. The summed E-state index contributed by atoms with van der Waals surface area (Å²) in [7, 11) is 0. The highest BCUT2D eigenvalue weighted by molar-refractivity contribution is 8.00. The second kappa shape index (κ2) is 7.10. The molecule has 5 nitrogen and oxygen atoms in total.